The van der Waals surface area contributed by atoms with Gasteiger partial charge in [-0.25, -0.2) is 9.78 Å². The van der Waals surface area contributed by atoms with Crippen molar-refractivity contribution in [3.05, 3.63) is 58.9 Å². The maximum atomic E-state index is 12.9. The molecule has 0 unspecified atom stereocenters. The lowest BCUT2D eigenvalue weighted by molar-refractivity contribution is 0.215. The third-order valence-corrected chi connectivity index (χ3v) is 6.50. The first kappa shape index (κ1) is 23.1. The highest BCUT2D eigenvalue weighted by atomic mass is 35.5. The van der Waals surface area contributed by atoms with Crippen LogP contribution in [-0.2, 0) is 6.42 Å². The number of carbonyl (C=O) groups is 1. The van der Waals surface area contributed by atoms with Crippen molar-refractivity contribution in [1.29, 1.82) is 0 Å². The Hall–Kier alpha value is -3.04. The fourth-order valence-electron chi connectivity index (χ4n) is 3.64. The third-order valence-electron chi connectivity index (χ3n) is 5.44. The molecular formula is C23H26ClN5O3S. The second-order valence-electron chi connectivity index (χ2n) is 7.62. The van der Waals surface area contributed by atoms with E-state index in [1.807, 2.05) is 29.2 Å². The van der Waals surface area contributed by atoms with Gasteiger partial charge >= 0.3 is 6.03 Å². The molecule has 0 bridgehead atoms. The standard InChI is InChI=1S/C23H26ClN5O3S/c1-31-18-8-9-19(20(15-18)32-2)25-22(30)28-10-3-11-29(13-12-28)23-26-21(27-33-23)14-16-4-6-17(24)7-5-16/h4-9,15H,3,10-14H2,1-2H3,(H,25,30). The molecule has 0 aliphatic carbocycles. The smallest absolute Gasteiger partial charge is 0.322 e. The van der Waals surface area contributed by atoms with Crippen molar-refractivity contribution < 1.29 is 14.3 Å². The highest BCUT2D eigenvalue weighted by Gasteiger charge is 2.22. The molecular weight excluding hydrogens is 462 g/mol. The normalized spacial score (nSPS) is 14.0. The molecule has 0 spiro atoms. The Kier molecular flexibility index (Phi) is 7.51. The molecule has 1 saturated heterocycles. The molecule has 1 aromatic heterocycles. The summed E-state index contributed by atoms with van der Waals surface area (Å²) < 4.78 is 15.1. The number of ether oxygens (including phenoxy) is 2. The van der Waals surface area contributed by atoms with Crippen LogP contribution in [0.5, 0.6) is 11.5 Å². The molecule has 2 aromatic carbocycles. The zero-order chi connectivity index (χ0) is 23.2. The molecule has 0 radical (unpaired) electrons. The van der Waals surface area contributed by atoms with Gasteiger partial charge in [-0.2, -0.15) is 4.37 Å². The van der Waals surface area contributed by atoms with Gasteiger partial charge in [0.05, 0.1) is 19.9 Å². The van der Waals surface area contributed by atoms with E-state index in [-0.39, 0.29) is 6.03 Å². The minimum absolute atomic E-state index is 0.152. The Balaban J connectivity index is 1.35. The molecule has 4 rings (SSSR count). The van der Waals surface area contributed by atoms with Gasteiger partial charge in [0, 0.05) is 55.2 Å². The van der Waals surface area contributed by atoms with Gasteiger partial charge in [-0.3, -0.25) is 0 Å². The first-order valence-corrected chi connectivity index (χ1v) is 11.8. The Morgan fingerprint density at radius 2 is 1.91 bits per heavy atom. The van der Waals surface area contributed by atoms with E-state index >= 15 is 0 Å². The summed E-state index contributed by atoms with van der Waals surface area (Å²) in [5.41, 5.74) is 1.73. The molecule has 33 heavy (non-hydrogen) atoms. The summed E-state index contributed by atoms with van der Waals surface area (Å²) in [6.45, 7) is 2.78. The van der Waals surface area contributed by atoms with Crippen molar-refractivity contribution >= 4 is 40.0 Å². The highest BCUT2D eigenvalue weighted by molar-refractivity contribution is 7.09. The summed E-state index contributed by atoms with van der Waals surface area (Å²) in [4.78, 5) is 21.6. The molecule has 0 atom stereocenters. The Morgan fingerprint density at radius 1 is 1.09 bits per heavy atom. The number of benzene rings is 2. The number of halogens is 1. The predicted octanol–water partition coefficient (Wildman–Crippen LogP) is 4.54. The summed E-state index contributed by atoms with van der Waals surface area (Å²) >= 11 is 7.36. The zero-order valence-electron chi connectivity index (χ0n) is 18.6. The van der Waals surface area contributed by atoms with Gasteiger partial charge in [-0.05, 0) is 36.2 Å². The van der Waals surface area contributed by atoms with Crippen LogP contribution in [0.2, 0.25) is 5.02 Å². The quantitative estimate of drug-likeness (QED) is 0.549. The minimum Gasteiger partial charge on any atom is -0.497 e. The van der Waals surface area contributed by atoms with Crippen LogP contribution in [0.3, 0.4) is 0 Å². The van der Waals surface area contributed by atoms with Crippen LogP contribution >= 0.6 is 23.1 Å². The van der Waals surface area contributed by atoms with Gasteiger partial charge in [0.25, 0.3) is 0 Å². The van der Waals surface area contributed by atoms with E-state index in [1.54, 1.807) is 32.4 Å². The number of aromatic nitrogens is 2. The number of anilines is 2. The zero-order valence-corrected chi connectivity index (χ0v) is 20.2. The Labute approximate surface area is 202 Å². The number of methoxy groups -OCH3 is 2. The van der Waals surface area contributed by atoms with Crippen LogP contribution in [0.25, 0.3) is 0 Å². The fourth-order valence-corrected chi connectivity index (χ4v) is 4.50. The minimum atomic E-state index is -0.152. The lowest BCUT2D eigenvalue weighted by Crippen LogP contribution is -2.38. The third kappa shape index (κ3) is 5.85. The van der Waals surface area contributed by atoms with Gasteiger partial charge in [-0.1, -0.05) is 23.7 Å². The SMILES string of the molecule is COc1ccc(NC(=O)N2CCCN(c3nc(Cc4ccc(Cl)cc4)ns3)CC2)c(OC)c1. The van der Waals surface area contributed by atoms with E-state index in [0.29, 0.717) is 48.3 Å². The molecule has 2 amide bonds. The molecule has 3 aromatic rings. The van der Waals surface area contributed by atoms with Crippen LogP contribution in [0.15, 0.2) is 42.5 Å². The topological polar surface area (TPSA) is 79.8 Å². The van der Waals surface area contributed by atoms with E-state index in [1.165, 1.54) is 11.5 Å². The number of amides is 2. The van der Waals surface area contributed by atoms with Gasteiger partial charge < -0.3 is 24.6 Å². The van der Waals surface area contributed by atoms with Gasteiger partial charge in [-0.15, -0.1) is 0 Å². The lowest BCUT2D eigenvalue weighted by atomic mass is 10.1. The largest absolute Gasteiger partial charge is 0.497 e. The molecule has 1 N–H and O–H groups in total. The van der Waals surface area contributed by atoms with E-state index in [9.17, 15) is 4.79 Å². The maximum absolute atomic E-state index is 12.9. The second kappa shape index (κ2) is 10.7. The highest BCUT2D eigenvalue weighted by Crippen LogP contribution is 2.29. The maximum Gasteiger partial charge on any atom is 0.322 e. The second-order valence-corrected chi connectivity index (χ2v) is 8.79. The monoisotopic (exact) mass is 487 g/mol. The van der Waals surface area contributed by atoms with Gasteiger partial charge in [0.15, 0.2) is 0 Å². The molecule has 1 fully saturated rings. The van der Waals surface area contributed by atoms with Crippen LogP contribution in [0.1, 0.15) is 17.8 Å². The predicted molar refractivity (Wildman–Crippen MR) is 131 cm³/mol. The number of rotatable bonds is 6. The molecule has 1 aliphatic heterocycles. The number of carbonyl (C=O) groups excluding carboxylic acids is 1. The fraction of sp³-hybridized carbons (Fsp3) is 0.348. The van der Waals surface area contributed by atoms with Gasteiger partial charge in [0.1, 0.15) is 17.3 Å². The summed E-state index contributed by atoms with van der Waals surface area (Å²) in [5.74, 6) is 2.02. The van der Waals surface area contributed by atoms with E-state index < -0.39 is 0 Å². The summed E-state index contributed by atoms with van der Waals surface area (Å²) in [6.07, 6.45) is 1.51. The summed E-state index contributed by atoms with van der Waals surface area (Å²) in [5, 5.41) is 4.56. The Morgan fingerprint density at radius 3 is 2.67 bits per heavy atom. The van der Waals surface area contributed by atoms with Crippen LogP contribution < -0.4 is 19.7 Å². The first-order valence-electron chi connectivity index (χ1n) is 10.7. The van der Waals surface area contributed by atoms with Crippen LogP contribution in [0.4, 0.5) is 15.6 Å². The van der Waals surface area contributed by atoms with E-state index in [2.05, 4.69) is 14.6 Å². The first-order chi connectivity index (χ1) is 16.1. The molecule has 1 aliphatic rings. The van der Waals surface area contributed by atoms with E-state index in [4.69, 9.17) is 26.1 Å². The number of urea groups is 1. The van der Waals surface area contributed by atoms with E-state index in [0.717, 1.165) is 29.5 Å². The molecule has 174 valence electrons. The Bertz CT molecular complexity index is 1090. The molecule has 2 heterocycles. The molecule has 0 saturated carbocycles. The lowest BCUT2D eigenvalue weighted by Gasteiger charge is -2.22. The van der Waals surface area contributed by atoms with Crippen molar-refractivity contribution in [2.75, 3.05) is 50.6 Å². The number of nitrogens with zero attached hydrogens (tertiary/aromatic N) is 4. The number of hydrogen-bond acceptors (Lipinski definition) is 7. The van der Waals surface area contributed by atoms with Crippen molar-refractivity contribution in [3.8, 4) is 11.5 Å². The van der Waals surface area contributed by atoms with Crippen LogP contribution in [-0.4, -0.2) is 60.7 Å². The number of nitrogens with one attached hydrogen (secondary N) is 1. The van der Waals surface area contributed by atoms with Gasteiger partial charge in [0.2, 0.25) is 5.13 Å². The molecule has 10 heteroatoms. The van der Waals surface area contributed by atoms with Crippen molar-refractivity contribution in [2.24, 2.45) is 0 Å². The van der Waals surface area contributed by atoms with Crippen LogP contribution in [0, 0.1) is 0 Å². The summed E-state index contributed by atoms with van der Waals surface area (Å²) in [7, 11) is 3.16. The van der Waals surface area contributed by atoms with Crippen molar-refractivity contribution in [1.82, 2.24) is 14.3 Å². The summed E-state index contributed by atoms with van der Waals surface area (Å²) in [6, 6.07) is 12.9. The average Bonchev–Trinajstić information content (AvgIpc) is 3.15. The van der Waals surface area contributed by atoms with Crippen molar-refractivity contribution in [2.45, 2.75) is 12.8 Å². The van der Waals surface area contributed by atoms with Crippen molar-refractivity contribution in [3.63, 3.8) is 0 Å². The number of hydrogen-bond donors (Lipinski definition) is 1. The molecule has 8 nitrogen and oxygen atoms in total. The average molecular weight is 488 g/mol.